The van der Waals surface area contributed by atoms with E-state index in [9.17, 15) is 4.79 Å². The van der Waals surface area contributed by atoms with Crippen LogP contribution in [0.2, 0.25) is 0 Å². The van der Waals surface area contributed by atoms with Crippen molar-refractivity contribution in [1.29, 1.82) is 0 Å². The van der Waals surface area contributed by atoms with E-state index >= 15 is 0 Å². The highest BCUT2D eigenvalue weighted by molar-refractivity contribution is 5.76. The van der Waals surface area contributed by atoms with Crippen molar-refractivity contribution in [3.63, 3.8) is 0 Å². The van der Waals surface area contributed by atoms with Crippen LogP contribution in [0.5, 0.6) is 11.5 Å². The lowest BCUT2D eigenvalue weighted by Crippen LogP contribution is -2.14. The average molecular weight is 248 g/mol. The Bertz CT molecular complexity index is 399. The maximum Gasteiger partial charge on any atom is 0.161 e. The van der Waals surface area contributed by atoms with Crippen LogP contribution >= 0.6 is 0 Å². The number of aldehydes is 1. The van der Waals surface area contributed by atoms with Crippen molar-refractivity contribution in [3.8, 4) is 11.5 Å². The Kier molecular flexibility index (Phi) is 5.98. The first-order chi connectivity index (χ1) is 8.74. The van der Waals surface area contributed by atoms with Crippen LogP contribution in [0.3, 0.4) is 0 Å². The second-order valence-electron chi connectivity index (χ2n) is 3.93. The summed E-state index contributed by atoms with van der Waals surface area (Å²) >= 11 is 0. The average Bonchev–Trinajstić information content (AvgIpc) is 2.40. The van der Waals surface area contributed by atoms with Gasteiger partial charge in [-0.3, -0.25) is 4.79 Å². The van der Waals surface area contributed by atoms with Crippen molar-refractivity contribution in [1.82, 2.24) is 0 Å². The van der Waals surface area contributed by atoms with Crippen molar-refractivity contribution >= 4 is 6.29 Å². The fourth-order valence-electron chi connectivity index (χ4n) is 1.63. The van der Waals surface area contributed by atoms with Gasteiger partial charge in [-0.25, -0.2) is 0 Å². The Morgan fingerprint density at radius 2 is 2.11 bits per heavy atom. The molecule has 1 rings (SSSR count). The molecule has 0 saturated heterocycles. The molecule has 0 aliphatic rings. The molecule has 18 heavy (non-hydrogen) atoms. The first-order valence-electron chi connectivity index (χ1n) is 6.24. The standard InChI is InChI=1S/C15H20O3/c1-4-7-13(5-2)18-14-9-8-12(11-16)10-15(14)17-6-3/h4,8-11,13H,1,5-7H2,2-3H3. The number of hydrogen-bond acceptors (Lipinski definition) is 3. The Hall–Kier alpha value is -1.77. The van der Waals surface area contributed by atoms with Crippen LogP contribution in [-0.2, 0) is 0 Å². The molecule has 0 aliphatic carbocycles. The maximum absolute atomic E-state index is 10.7. The zero-order chi connectivity index (χ0) is 13.4. The van der Waals surface area contributed by atoms with Gasteiger partial charge in [0.2, 0.25) is 0 Å². The summed E-state index contributed by atoms with van der Waals surface area (Å²) < 4.78 is 11.4. The fraction of sp³-hybridized carbons (Fsp3) is 0.400. The van der Waals surface area contributed by atoms with Crippen LogP contribution in [0.15, 0.2) is 30.9 Å². The summed E-state index contributed by atoms with van der Waals surface area (Å²) in [4.78, 5) is 10.7. The van der Waals surface area contributed by atoms with Crippen molar-refractivity contribution in [3.05, 3.63) is 36.4 Å². The molecular formula is C15H20O3. The zero-order valence-electron chi connectivity index (χ0n) is 11.0. The summed E-state index contributed by atoms with van der Waals surface area (Å²) in [5.41, 5.74) is 0.586. The van der Waals surface area contributed by atoms with Gasteiger partial charge in [0.05, 0.1) is 6.61 Å². The van der Waals surface area contributed by atoms with Crippen LogP contribution in [-0.4, -0.2) is 19.0 Å². The summed E-state index contributed by atoms with van der Waals surface area (Å²) in [5.74, 6) is 1.29. The van der Waals surface area contributed by atoms with E-state index in [0.717, 1.165) is 19.1 Å². The van der Waals surface area contributed by atoms with Crippen molar-refractivity contribution < 1.29 is 14.3 Å². The number of ether oxygens (including phenoxy) is 2. The first kappa shape index (κ1) is 14.3. The van der Waals surface area contributed by atoms with Crippen LogP contribution in [0.4, 0.5) is 0 Å². The molecule has 1 aromatic carbocycles. The summed E-state index contributed by atoms with van der Waals surface area (Å²) in [6.07, 6.45) is 4.41. The predicted molar refractivity (Wildman–Crippen MR) is 72.5 cm³/mol. The fourth-order valence-corrected chi connectivity index (χ4v) is 1.63. The molecule has 0 aliphatic heterocycles. The molecule has 0 spiro atoms. The molecule has 0 aromatic heterocycles. The molecule has 0 radical (unpaired) electrons. The molecule has 98 valence electrons. The number of carbonyl (C=O) groups excluding carboxylic acids is 1. The highest BCUT2D eigenvalue weighted by atomic mass is 16.5. The normalized spacial score (nSPS) is 11.7. The third-order valence-corrected chi connectivity index (χ3v) is 2.58. The first-order valence-corrected chi connectivity index (χ1v) is 6.24. The van der Waals surface area contributed by atoms with E-state index in [1.54, 1.807) is 18.2 Å². The number of hydrogen-bond donors (Lipinski definition) is 0. The molecule has 0 saturated carbocycles. The third kappa shape index (κ3) is 3.91. The third-order valence-electron chi connectivity index (χ3n) is 2.58. The van der Waals surface area contributed by atoms with E-state index in [1.807, 2.05) is 13.0 Å². The largest absolute Gasteiger partial charge is 0.490 e. The quantitative estimate of drug-likeness (QED) is 0.520. The van der Waals surface area contributed by atoms with Crippen molar-refractivity contribution in [2.45, 2.75) is 32.8 Å². The number of benzene rings is 1. The minimum absolute atomic E-state index is 0.0868. The SMILES string of the molecule is C=CCC(CC)Oc1ccc(C=O)cc1OCC. The zero-order valence-corrected chi connectivity index (χ0v) is 11.0. The highest BCUT2D eigenvalue weighted by Crippen LogP contribution is 2.29. The van der Waals surface area contributed by atoms with Gasteiger partial charge in [-0.15, -0.1) is 6.58 Å². The van der Waals surface area contributed by atoms with Gasteiger partial charge in [0.1, 0.15) is 12.4 Å². The topological polar surface area (TPSA) is 35.5 Å². The van der Waals surface area contributed by atoms with E-state index in [4.69, 9.17) is 9.47 Å². The van der Waals surface area contributed by atoms with Gasteiger partial charge in [-0.05, 0) is 31.5 Å². The van der Waals surface area contributed by atoms with Crippen molar-refractivity contribution in [2.75, 3.05) is 6.61 Å². The summed E-state index contributed by atoms with van der Waals surface area (Å²) in [7, 11) is 0. The minimum Gasteiger partial charge on any atom is -0.490 e. The van der Waals surface area contributed by atoms with Crippen molar-refractivity contribution in [2.24, 2.45) is 0 Å². The second kappa shape index (κ2) is 7.54. The lowest BCUT2D eigenvalue weighted by molar-refractivity contribution is 0.112. The van der Waals surface area contributed by atoms with Gasteiger partial charge in [0.15, 0.2) is 11.5 Å². The Morgan fingerprint density at radius 1 is 1.33 bits per heavy atom. The van der Waals surface area contributed by atoms with Crippen LogP contribution in [0.1, 0.15) is 37.0 Å². The van der Waals surface area contributed by atoms with Gasteiger partial charge in [-0.1, -0.05) is 13.0 Å². The smallest absolute Gasteiger partial charge is 0.161 e. The van der Waals surface area contributed by atoms with Crippen LogP contribution < -0.4 is 9.47 Å². The maximum atomic E-state index is 10.7. The lowest BCUT2D eigenvalue weighted by atomic mass is 10.2. The van der Waals surface area contributed by atoms with Crippen LogP contribution in [0.25, 0.3) is 0 Å². The Morgan fingerprint density at radius 3 is 2.67 bits per heavy atom. The molecule has 0 N–H and O–H groups in total. The van der Waals surface area contributed by atoms with Gasteiger partial charge in [-0.2, -0.15) is 0 Å². The monoisotopic (exact) mass is 248 g/mol. The molecule has 0 bridgehead atoms. The van der Waals surface area contributed by atoms with Gasteiger partial charge >= 0.3 is 0 Å². The van der Waals surface area contributed by atoms with E-state index in [-0.39, 0.29) is 6.10 Å². The molecule has 0 heterocycles. The Balaban J connectivity index is 2.91. The number of carbonyl (C=O) groups is 1. The molecule has 3 nitrogen and oxygen atoms in total. The van der Waals surface area contributed by atoms with Gasteiger partial charge in [0, 0.05) is 12.0 Å². The van der Waals surface area contributed by atoms with E-state index < -0.39 is 0 Å². The van der Waals surface area contributed by atoms with Crippen LogP contribution in [0, 0.1) is 0 Å². The van der Waals surface area contributed by atoms with E-state index in [1.165, 1.54) is 0 Å². The Labute approximate surface area is 108 Å². The van der Waals surface area contributed by atoms with Gasteiger partial charge < -0.3 is 9.47 Å². The molecular weight excluding hydrogens is 228 g/mol. The second-order valence-corrected chi connectivity index (χ2v) is 3.93. The predicted octanol–water partition coefficient (Wildman–Crippen LogP) is 3.63. The molecule has 0 fully saturated rings. The van der Waals surface area contributed by atoms with E-state index in [2.05, 4.69) is 13.5 Å². The summed E-state index contributed by atoms with van der Waals surface area (Å²) in [5, 5.41) is 0. The number of rotatable bonds is 8. The molecule has 1 atom stereocenters. The van der Waals surface area contributed by atoms with E-state index in [0.29, 0.717) is 23.7 Å². The molecule has 1 aromatic rings. The highest BCUT2D eigenvalue weighted by Gasteiger charge is 2.11. The molecule has 0 amide bonds. The molecule has 3 heteroatoms. The molecule has 1 unspecified atom stereocenters. The lowest BCUT2D eigenvalue weighted by Gasteiger charge is -2.18. The summed E-state index contributed by atoms with van der Waals surface area (Å²) in [6.45, 7) is 8.22. The summed E-state index contributed by atoms with van der Waals surface area (Å²) in [6, 6.07) is 5.21. The van der Waals surface area contributed by atoms with Gasteiger partial charge in [0.25, 0.3) is 0 Å². The minimum atomic E-state index is 0.0868.